The number of aromatic nitrogens is 2. The molecule has 2 N–H and O–H groups in total. The van der Waals surface area contributed by atoms with E-state index >= 15 is 0 Å². The van der Waals surface area contributed by atoms with Crippen LogP contribution in [-0.2, 0) is 45.5 Å². The van der Waals surface area contributed by atoms with Crippen molar-refractivity contribution in [2.45, 2.75) is 77.2 Å². The Kier molecular flexibility index (Phi) is 14.8. The SMILES string of the molecule is CN(C)CCC(CSc1ccccc1)Nc1ccc(S(=O)(=O)Nc2ncnc3c2CCN(C2CCN(Cc4ccccc4-c4ccc(C(F)(F)F)cc4)CC2)C3)cc1S(=O)(=O)C(F)(F)F. The van der Waals surface area contributed by atoms with E-state index in [1.807, 2.05) is 73.6 Å². The number of piperidine rings is 1. The van der Waals surface area contributed by atoms with Gasteiger partial charge in [-0.05, 0) is 119 Å². The van der Waals surface area contributed by atoms with E-state index in [1.165, 1.54) is 30.2 Å². The van der Waals surface area contributed by atoms with Gasteiger partial charge < -0.3 is 10.2 Å². The number of rotatable bonds is 16. The molecule has 3 heterocycles. The Balaban J connectivity index is 1.03. The number of nitrogens with zero attached hydrogens (tertiary/aromatic N) is 5. The van der Waals surface area contributed by atoms with Gasteiger partial charge in [-0.3, -0.25) is 14.5 Å². The van der Waals surface area contributed by atoms with Gasteiger partial charge in [-0.2, -0.15) is 26.3 Å². The molecule has 20 heteroatoms. The molecule has 0 spiro atoms. The number of fused-ring (bicyclic) bond motifs is 1. The molecule has 348 valence electrons. The molecule has 5 aromatic rings. The zero-order chi connectivity index (χ0) is 46.6. The molecule has 1 unspecified atom stereocenters. The van der Waals surface area contributed by atoms with Crippen LogP contribution >= 0.6 is 11.8 Å². The van der Waals surface area contributed by atoms with Gasteiger partial charge in [0.2, 0.25) is 0 Å². The summed E-state index contributed by atoms with van der Waals surface area (Å²) in [5.74, 6) is 0.340. The fourth-order valence-corrected chi connectivity index (χ4v) is 11.2. The van der Waals surface area contributed by atoms with Crippen LogP contribution in [0.3, 0.4) is 0 Å². The molecule has 0 amide bonds. The number of sulfonamides is 1. The lowest BCUT2D eigenvalue weighted by Gasteiger charge is -2.40. The van der Waals surface area contributed by atoms with E-state index in [-0.39, 0.29) is 17.5 Å². The van der Waals surface area contributed by atoms with Gasteiger partial charge in [0, 0.05) is 47.9 Å². The maximum absolute atomic E-state index is 14.2. The highest BCUT2D eigenvalue weighted by Gasteiger charge is 2.48. The number of hydrogen-bond acceptors (Lipinski definition) is 11. The van der Waals surface area contributed by atoms with Gasteiger partial charge in [0.1, 0.15) is 17.0 Å². The van der Waals surface area contributed by atoms with Crippen molar-refractivity contribution >= 4 is 43.1 Å². The van der Waals surface area contributed by atoms with Crippen molar-refractivity contribution in [3.8, 4) is 11.1 Å². The second kappa shape index (κ2) is 20.0. The molecule has 0 aliphatic carbocycles. The molecule has 1 fully saturated rings. The first-order chi connectivity index (χ1) is 30.8. The van der Waals surface area contributed by atoms with E-state index in [9.17, 15) is 43.2 Å². The molecule has 0 radical (unpaired) electrons. The van der Waals surface area contributed by atoms with Crippen molar-refractivity contribution in [1.82, 2.24) is 24.7 Å². The molecular weight excluding hydrogens is 913 g/mol. The van der Waals surface area contributed by atoms with Gasteiger partial charge in [-0.15, -0.1) is 11.8 Å². The van der Waals surface area contributed by atoms with Crippen LogP contribution in [0.5, 0.6) is 0 Å². The topological polar surface area (TPSA) is 128 Å². The van der Waals surface area contributed by atoms with E-state index < -0.39 is 52.9 Å². The van der Waals surface area contributed by atoms with Crippen molar-refractivity contribution in [2.24, 2.45) is 0 Å². The van der Waals surface area contributed by atoms with Crippen molar-refractivity contribution in [2.75, 3.05) is 56.1 Å². The van der Waals surface area contributed by atoms with Crippen LogP contribution in [0.4, 0.5) is 37.8 Å². The minimum absolute atomic E-state index is 0.0414. The highest BCUT2D eigenvalue weighted by atomic mass is 32.2. The first-order valence-corrected chi connectivity index (χ1v) is 24.9. The maximum Gasteiger partial charge on any atom is 0.501 e. The fraction of sp³-hybridized carbons (Fsp3) is 0.378. The summed E-state index contributed by atoms with van der Waals surface area (Å²) in [4.78, 5) is 14.2. The maximum atomic E-state index is 14.2. The quantitative estimate of drug-likeness (QED) is 0.0728. The van der Waals surface area contributed by atoms with E-state index in [0.29, 0.717) is 67.7 Å². The van der Waals surface area contributed by atoms with Crippen LogP contribution in [-0.4, -0.2) is 105 Å². The molecule has 0 bridgehead atoms. The monoisotopic (exact) mass is 961 g/mol. The third kappa shape index (κ3) is 11.8. The zero-order valence-corrected chi connectivity index (χ0v) is 38.1. The molecule has 0 saturated carbocycles. The molecular formula is C45H49F6N7O4S3. The molecule has 1 saturated heterocycles. The molecule has 7 rings (SSSR count). The summed E-state index contributed by atoms with van der Waals surface area (Å²) >= 11 is 1.45. The number of benzene rings is 4. The van der Waals surface area contributed by atoms with Gasteiger partial charge in [-0.25, -0.2) is 26.8 Å². The Morgan fingerprint density at radius 2 is 1.54 bits per heavy atom. The van der Waals surface area contributed by atoms with Gasteiger partial charge in [-0.1, -0.05) is 54.6 Å². The van der Waals surface area contributed by atoms with Crippen molar-refractivity contribution in [3.05, 3.63) is 126 Å². The van der Waals surface area contributed by atoms with Crippen LogP contribution in [0.1, 0.15) is 41.6 Å². The second-order valence-electron chi connectivity index (χ2n) is 16.4. The number of hydrogen-bond donors (Lipinski definition) is 2. The minimum Gasteiger partial charge on any atom is -0.380 e. The Labute approximate surface area is 379 Å². The molecule has 11 nitrogen and oxygen atoms in total. The average molecular weight is 962 g/mol. The summed E-state index contributed by atoms with van der Waals surface area (Å²) in [5, 5.41) is 2.98. The van der Waals surface area contributed by atoms with Crippen LogP contribution in [0, 0.1) is 0 Å². The first kappa shape index (κ1) is 48.2. The van der Waals surface area contributed by atoms with Crippen LogP contribution in [0.25, 0.3) is 11.1 Å². The summed E-state index contributed by atoms with van der Waals surface area (Å²) in [7, 11) is -6.99. The predicted molar refractivity (Wildman–Crippen MR) is 240 cm³/mol. The highest BCUT2D eigenvalue weighted by Crippen LogP contribution is 2.38. The Morgan fingerprint density at radius 3 is 2.22 bits per heavy atom. The lowest BCUT2D eigenvalue weighted by Crippen LogP contribution is -2.46. The third-order valence-corrected chi connectivity index (χ3v) is 15.6. The predicted octanol–water partition coefficient (Wildman–Crippen LogP) is 8.80. The number of sulfone groups is 1. The van der Waals surface area contributed by atoms with Crippen LogP contribution < -0.4 is 10.0 Å². The van der Waals surface area contributed by atoms with E-state index in [2.05, 4.69) is 29.8 Å². The normalized spacial score (nSPS) is 16.3. The lowest BCUT2D eigenvalue weighted by atomic mass is 9.96. The molecule has 4 aromatic carbocycles. The minimum atomic E-state index is -6.01. The Morgan fingerprint density at radius 1 is 0.846 bits per heavy atom. The molecule has 1 atom stereocenters. The van der Waals surface area contributed by atoms with Gasteiger partial charge in [0.05, 0.1) is 21.8 Å². The van der Waals surface area contributed by atoms with Crippen LogP contribution in [0.2, 0.25) is 0 Å². The molecule has 2 aliphatic rings. The summed E-state index contributed by atoms with van der Waals surface area (Å²) in [6, 6.07) is 24.6. The van der Waals surface area contributed by atoms with E-state index in [0.717, 1.165) is 66.2 Å². The van der Waals surface area contributed by atoms with Crippen molar-refractivity contribution in [1.29, 1.82) is 0 Å². The summed E-state index contributed by atoms with van der Waals surface area (Å²) in [6.07, 6.45) is -0.717. The average Bonchev–Trinajstić information content (AvgIpc) is 3.27. The number of anilines is 2. The smallest absolute Gasteiger partial charge is 0.380 e. The number of thioether (sulfide) groups is 1. The largest absolute Gasteiger partial charge is 0.501 e. The van der Waals surface area contributed by atoms with Crippen LogP contribution in [0.15, 0.2) is 118 Å². The lowest BCUT2D eigenvalue weighted by molar-refractivity contribution is -0.137. The summed E-state index contributed by atoms with van der Waals surface area (Å²) in [5.41, 5.74) is -3.07. The second-order valence-corrected chi connectivity index (χ2v) is 21.1. The number of nitrogens with one attached hydrogen (secondary N) is 2. The zero-order valence-electron chi connectivity index (χ0n) is 35.6. The fourth-order valence-electron chi connectivity index (χ4n) is 8.10. The Hall–Kier alpha value is -4.73. The number of alkyl halides is 6. The number of likely N-dealkylation sites (tertiary alicyclic amines) is 1. The van der Waals surface area contributed by atoms with E-state index in [1.54, 1.807) is 0 Å². The van der Waals surface area contributed by atoms with Gasteiger partial charge in [0.15, 0.2) is 0 Å². The third-order valence-electron chi connectivity index (χ3n) is 11.6. The highest BCUT2D eigenvalue weighted by molar-refractivity contribution is 7.99. The van der Waals surface area contributed by atoms with Gasteiger partial charge >= 0.3 is 11.7 Å². The van der Waals surface area contributed by atoms with Crippen molar-refractivity contribution < 1.29 is 43.2 Å². The summed E-state index contributed by atoms with van der Waals surface area (Å²) < 4.78 is 138. The first-order valence-electron chi connectivity index (χ1n) is 20.9. The van der Waals surface area contributed by atoms with Crippen molar-refractivity contribution in [3.63, 3.8) is 0 Å². The number of halogens is 6. The molecule has 1 aromatic heterocycles. The Bertz CT molecular complexity index is 2650. The van der Waals surface area contributed by atoms with E-state index in [4.69, 9.17) is 0 Å². The summed E-state index contributed by atoms with van der Waals surface area (Å²) in [6.45, 7) is 3.67. The molecule has 65 heavy (non-hydrogen) atoms. The standard InChI is InChI=1S/C45H49F6N7O4S3/c1-56(2)22-18-34(29-63-36-9-4-3-5-10-36)54-40-17-16-37(26-42(40)64(59,60)45(49,50)51)65(61,62)55-43-39-21-25-58(28-41(39)52-30-53-43)35-19-23-57(24-20-35)27-32-8-6-7-11-38(32)31-12-14-33(15-13-31)44(46,47)48/h3-17,26,30,34-35,54H,18-25,27-29H2,1-2H3,(H,52,53,55). The van der Waals surface area contributed by atoms with Gasteiger partial charge in [0.25, 0.3) is 19.9 Å². The molecule has 2 aliphatic heterocycles.